The zero-order valence-corrected chi connectivity index (χ0v) is 8.47. The van der Waals surface area contributed by atoms with Gasteiger partial charge in [-0.05, 0) is 53.0 Å². The molecule has 0 fully saturated rings. The van der Waals surface area contributed by atoms with Crippen LogP contribution in [0.25, 0.3) is 0 Å². The lowest BCUT2D eigenvalue weighted by molar-refractivity contribution is 0.394. The van der Waals surface area contributed by atoms with Crippen LogP contribution in [0.2, 0.25) is 0 Å². The van der Waals surface area contributed by atoms with Gasteiger partial charge in [-0.3, -0.25) is 0 Å². The normalized spacial score (nSPS) is 10.6. The molecule has 0 bridgehead atoms. The van der Waals surface area contributed by atoms with Crippen LogP contribution in [0.15, 0.2) is 12.7 Å². The minimum absolute atomic E-state index is 1.12. The molecular weight excluding hydrogens is 148 g/mol. The molecule has 1 N–H and O–H groups in total. The molecule has 0 heterocycles. The highest BCUT2D eigenvalue weighted by Gasteiger charge is 1.89. The fourth-order valence-electron chi connectivity index (χ4n) is 1.02. The van der Waals surface area contributed by atoms with E-state index in [1.54, 1.807) is 0 Å². The summed E-state index contributed by atoms with van der Waals surface area (Å²) in [7, 11) is 4.22. The van der Waals surface area contributed by atoms with Crippen LogP contribution in [0.4, 0.5) is 0 Å². The van der Waals surface area contributed by atoms with Crippen molar-refractivity contribution in [3.63, 3.8) is 0 Å². The molecule has 0 unspecified atom stereocenters. The number of nitrogens with zero attached hydrogens (tertiary/aromatic N) is 1. The van der Waals surface area contributed by atoms with Crippen molar-refractivity contribution in [2.75, 3.05) is 33.7 Å². The number of unbranched alkanes of at least 4 members (excludes halogenated alkanes) is 1. The van der Waals surface area contributed by atoms with Gasteiger partial charge in [-0.15, -0.1) is 6.58 Å². The SMILES string of the molecule is C=CCCCNCCCN(C)C. The van der Waals surface area contributed by atoms with Crippen molar-refractivity contribution in [2.24, 2.45) is 0 Å². The number of rotatable bonds is 8. The summed E-state index contributed by atoms with van der Waals surface area (Å²) in [5.74, 6) is 0. The predicted molar refractivity (Wildman–Crippen MR) is 55.5 cm³/mol. The molecule has 0 aliphatic rings. The Morgan fingerprint density at radius 1 is 1.25 bits per heavy atom. The van der Waals surface area contributed by atoms with Crippen LogP contribution in [0.1, 0.15) is 19.3 Å². The number of hydrogen-bond donors (Lipinski definition) is 1. The molecule has 0 radical (unpaired) electrons. The molecule has 0 spiro atoms. The first-order valence-corrected chi connectivity index (χ1v) is 4.73. The summed E-state index contributed by atoms with van der Waals surface area (Å²) in [6.45, 7) is 7.12. The Hall–Kier alpha value is -0.340. The van der Waals surface area contributed by atoms with E-state index in [1.165, 1.54) is 19.4 Å². The Bertz CT molecular complexity index is 100. The Labute approximate surface area is 76.6 Å². The Morgan fingerprint density at radius 3 is 2.50 bits per heavy atom. The number of nitrogens with one attached hydrogen (secondary N) is 1. The smallest absolute Gasteiger partial charge is 0.00127 e. The molecule has 0 atom stereocenters. The minimum Gasteiger partial charge on any atom is -0.317 e. The predicted octanol–water partition coefficient (Wildman–Crippen LogP) is 1.49. The molecule has 72 valence electrons. The maximum Gasteiger partial charge on any atom is -0.00127 e. The van der Waals surface area contributed by atoms with Crippen LogP contribution in [-0.2, 0) is 0 Å². The van der Waals surface area contributed by atoms with E-state index in [-0.39, 0.29) is 0 Å². The van der Waals surface area contributed by atoms with Crippen molar-refractivity contribution in [2.45, 2.75) is 19.3 Å². The molecule has 0 rings (SSSR count). The van der Waals surface area contributed by atoms with Crippen LogP contribution in [-0.4, -0.2) is 38.6 Å². The zero-order chi connectivity index (χ0) is 9.23. The van der Waals surface area contributed by atoms with E-state index in [4.69, 9.17) is 0 Å². The first-order valence-electron chi connectivity index (χ1n) is 4.73. The van der Waals surface area contributed by atoms with Gasteiger partial charge < -0.3 is 10.2 Å². The van der Waals surface area contributed by atoms with Crippen LogP contribution < -0.4 is 5.32 Å². The van der Waals surface area contributed by atoms with Crippen LogP contribution >= 0.6 is 0 Å². The quantitative estimate of drug-likeness (QED) is 0.438. The van der Waals surface area contributed by atoms with Gasteiger partial charge in [0.2, 0.25) is 0 Å². The topological polar surface area (TPSA) is 15.3 Å². The van der Waals surface area contributed by atoms with Gasteiger partial charge in [0.05, 0.1) is 0 Å². The van der Waals surface area contributed by atoms with Crippen molar-refractivity contribution in [1.82, 2.24) is 10.2 Å². The average Bonchev–Trinajstić information content (AvgIpc) is 2.02. The first kappa shape index (κ1) is 11.7. The lowest BCUT2D eigenvalue weighted by Gasteiger charge is -2.09. The standard InChI is InChI=1S/C10H22N2/c1-4-5-6-8-11-9-7-10-12(2)3/h4,11H,1,5-10H2,2-3H3. The van der Waals surface area contributed by atoms with E-state index < -0.39 is 0 Å². The maximum absolute atomic E-state index is 3.68. The van der Waals surface area contributed by atoms with Gasteiger partial charge in [-0.25, -0.2) is 0 Å². The Morgan fingerprint density at radius 2 is 1.92 bits per heavy atom. The van der Waals surface area contributed by atoms with Gasteiger partial charge in [-0.1, -0.05) is 6.08 Å². The molecule has 2 heteroatoms. The largest absolute Gasteiger partial charge is 0.317 e. The van der Waals surface area contributed by atoms with Gasteiger partial charge in [0, 0.05) is 0 Å². The Kier molecular flexibility index (Phi) is 8.51. The highest BCUT2D eigenvalue weighted by molar-refractivity contribution is 4.66. The van der Waals surface area contributed by atoms with Crippen molar-refractivity contribution in [3.05, 3.63) is 12.7 Å². The van der Waals surface area contributed by atoms with Crippen molar-refractivity contribution < 1.29 is 0 Å². The lowest BCUT2D eigenvalue weighted by atomic mass is 10.3. The third-order valence-corrected chi connectivity index (χ3v) is 1.72. The van der Waals surface area contributed by atoms with E-state index in [9.17, 15) is 0 Å². The second-order valence-corrected chi connectivity index (χ2v) is 3.34. The van der Waals surface area contributed by atoms with E-state index >= 15 is 0 Å². The molecule has 0 aromatic carbocycles. The molecule has 0 aliphatic heterocycles. The van der Waals surface area contributed by atoms with Gasteiger partial charge in [0.25, 0.3) is 0 Å². The van der Waals surface area contributed by atoms with Crippen molar-refractivity contribution in [1.29, 1.82) is 0 Å². The summed E-state index contributed by atoms with van der Waals surface area (Å²) >= 11 is 0. The highest BCUT2D eigenvalue weighted by atomic mass is 15.0. The van der Waals surface area contributed by atoms with E-state index in [2.05, 4.69) is 30.9 Å². The molecule has 0 aromatic heterocycles. The summed E-state index contributed by atoms with van der Waals surface area (Å²) < 4.78 is 0. The summed E-state index contributed by atoms with van der Waals surface area (Å²) in [6, 6.07) is 0. The van der Waals surface area contributed by atoms with Crippen LogP contribution in [0, 0.1) is 0 Å². The second-order valence-electron chi connectivity index (χ2n) is 3.34. The highest BCUT2D eigenvalue weighted by Crippen LogP contribution is 1.86. The fraction of sp³-hybridized carbons (Fsp3) is 0.800. The molecule has 0 aliphatic carbocycles. The Balaban J connectivity index is 2.86. The third kappa shape index (κ3) is 9.66. The van der Waals surface area contributed by atoms with E-state index in [1.807, 2.05) is 6.08 Å². The van der Waals surface area contributed by atoms with Crippen LogP contribution in [0.3, 0.4) is 0 Å². The average molecular weight is 170 g/mol. The van der Waals surface area contributed by atoms with Gasteiger partial charge >= 0.3 is 0 Å². The maximum atomic E-state index is 3.68. The monoisotopic (exact) mass is 170 g/mol. The first-order chi connectivity index (χ1) is 5.77. The molecule has 0 saturated heterocycles. The fourth-order valence-corrected chi connectivity index (χ4v) is 1.02. The minimum atomic E-state index is 1.12. The van der Waals surface area contributed by atoms with E-state index in [0.29, 0.717) is 0 Å². The number of hydrogen-bond acceptors (Lipinski definition) is 2. The molecule has 2 nitrogen and oxygen atoms in total. The summed E-state index contributed by atoms with van der Waals surface area (Å²) in [4.78, 5) is 2.21. The summed E-state index contributed by atoms with van der Waals surface area (Å²) in [5, 5.41) is 3.40. The van der Waals surface area contributed by atoms with Crippen molar-refractivity contribution in [3.8, 4) is 0 Å². The molecular formula is C10H22N2. The summed E-state index contributed by atoms with van der Waals surface area (Å²) in [6.07, 6.45) is 5.55. The molecule has 12 heavy (non-hydrogen) atoms. The van der Waals surface area contributed by atoms with Crippen molar-refractivity contribution >= 4 is 0 Å². The van der Waals surface area contributed by atoms with Gasteiger partial charge in [-0.2, -0.15) is 0 Å². The van der Waals surface area contributed by atoms with E-state index in [0.717, 1.165) is 19.5 Å². The van der Waals surface area contributed by atoms with Crippen LogP contribution in [0.5, 0.6) is 0 Å². The zero-order valence-electron chi connectivity index (χ0n) is 8.47. The third-order valence-electron chi connectivity index (χ3n) is 1.72. The second kappa shape index (κ2) is 8.75. The molecule has 0 saturated carbocycles. The number of allylic oxidation sites excluding steroid dienone is 1. The van der Waals surface area contributed by atoms with Gasteiger partial charge in [0.15, 0.2) is 0 Å². The molecule has 0 aromatic rings. The summed E-state index contributed by atoms with van der Waals surface area (Å²) in [5.41, 5.74) is 0. The lowest BCUT2D eigenvalue weighted by Crippen LogP contribution is -2.21. The van der Waals surface area contributed by atoms with Gasteiger partial charge in [0.1, 0.15) is 0 Å². The molecule has 0 amide bonds.